The van der Waals surface area contributed by atoms with Gasteiger partial charge in [-0.05, 0) is 48.2 Å². The zero-order valence-electron chi connectivity index (χ0n) is 33.4. The molecule has 54 heavy (non-hydrogen) atoms. The van der Waals surface area contributed by atoms with E-state index < -0.39 is 0 Å². The Bertz CT molecular complexity index is 1360. The van der Waals surface area contributed by atoms with E-state index in [4.69, 9.17) is 0 Å². The molecule has 298 valence electrons. The van der Waals surface area contributed by atoms with Gasteiger partial charge in [0.25, 0.3) is 11.8 Å². The van der Waals surface area contributed by atoms with Crippen molar-refractivity contribution in [2.24, 2.45) is 0 Å². The Hall–Kier alpha value is -2.52. The molecule has 0 bridgehead atoms. The van der Waals surface area contributed by atoms with Crippen LogP contribution >= 0.6 is 23.5 Å². The van der Waals surface area contributed by atoms with E-state index in [2.05, 4.69) is 13.8 Å². The number of hydrogen-bond donors (Lipinski definition) is 2. The van der Waals surface area contributed by atoms with Crippen molar-refractivity contribution in [3.63, 3.8) is 0 Å². The molecule has 0 fully saturated rings. The molecule has 4 rings (SSSR count). The van der Waals surface area contributed by atoms with Crippen molar-refractivity contribution in [3.05, 3.63) is 70.8 Å². The summed E-state index contributed by atoms with van der Waals surface area (Å²) in [6, 6.07) is 16.3. The van der Waals surface area contributed by atoms with Crippen LogP contribution in [0.5, 0.6) is 0 Å². The lowest BCUT2D eigenvalue weighted by atomic mass is 10.0. The van der Waals surface area contributed by atoms with Gasteiger partial charge in [0, 0.05) is 34.4 Å². The number of hydrogen-bond acceptors (Lipinski definition) is 6. The van der Waals surface area contributed by atoms with Gasteiger partial charge in [0.1, 0.15) is 0 Å². The van der Waals surface area contributed by atoms with E-state index in [1.807, 2.05) is 58.3 Å². The van der Waals surface area contributed by atoms with Gasteiger partial charge in [0.15, 0.2) is 0 Å². The molecule has 2 aromatic rings. The van der Waals surface area contributed by atoms with Gasteiger partial charge in [0.2, 0.25) is 0 Å². The van der Waals surface area contributed by atoms with Gasteiger partial charge in [0.05, 0.1) is 35.8 Å². The summed E-state index contributed by atoms with van der Waals surface area (Å²) >= 11 is 3.20. The molecule has 0 radical (unpaired) electrons. The van der Waals surface area contributed by atoms with Crippen molar-refractivity contribution in [3.8, 4) is 0 Å². The van der Waals surface area contributed by atoms with Crippen molar-refractivity contribution in [2.75, 3.05) is 37.8 Å². The summed E-state index contributed by atoms with van der Waals surface area (Å²) < 4.78 is 0. The van der Waals surface area contributed by atoms with E-state index in [-0.39, 0.29) is 25.0 Å². The van der Waals surface area contributed by atoms with Crippen molar-refractivity contribution < 1.29 is 19.8 Å². The summed E-state index contributed by atoms with van der Waals surface area (Å²) in [4.78, 5) is 35.3. The van der Waals surface area contributed by atoms with Crippen molar-refractivity contribution in [1.29, 1.82) is 0 Å². The Labute approximate surface area is 335 Å². The van der Waals surface area contributed by atoms with Gasteiger partial charge in [-0.15, -0.1) is 23.5 Å². The standard InChI is InChI=1S/C46H68N2O4S2/c1-3-5-7-9-11-13-15-17-19-21-31-47-43(37-23-27-39(28-24-37)53-35-33-49)41-42(45(47)51)44(38-25-29-40(30-26-38)54-36-34-50)48(46(41)52)32-22-20-18-16-14-12-10-8-6-4-2/h23-30,49-50H,3-22,31-36H2,1-2H3. The summed E-state index contributed by atoms with van der Waals surface area (Å²) in [5.74, 6) is 1.11. The monoisotopic (exact) mass is 776 g/mol. The molecule has 8 heteroatoms. The molecular formula is C46H68N2O4S2. The molecule has 0 aliphatic carbocycles. The zero-order valence-corrected chi connectivity index (χ0v) is 35.1. The van der Waals surface area contributed by atoms with E-state index in [9.17, 15) is 19.8 Å². The van der Waals surface area contributed by atoms with Crippen LogP contribution in [0.1, 0.15) is 153 Å². The number of aliphatic hydroxyl groups excluding tert-OH is 2. The maximum atomic E-state index is 14.7. The molecule has 0 unspecified atom stereocenters. The second-order valence-corrected chi connectivity index (χ2v) is 17.3. The van der Waals surface area contributed by atoms with Gasteiger partial charge in [-0.25, -0.2) is 0 Å². The van der Waals surface area contributed by atoms with Crippen LogP contribution in [0.4, 0.5) is 0 Å². The molecule has 0 atom stereocenters. The zero-order chi connectivity index (χ0) is 38.4. The topological polar surface area (TPSA) is 81.1 Å². The smallest absolute Gasteiger partial charge is 0.261 e. The summed E-state index contributed by atoms with van der Waals surface area (Å²) in [7, 11) is 0. The van der Waals surface area contributed by atoms with E-state index in [1.165, 1.54) is 103 Å². The Kier molecular flexibility index (Phi) is 21.0. The third-order valence-corrected chi connectivity index (χ3v) is 12.6. The number of fused-ring (bicyclic) bond motifs is 1. The van der Waals surface area contributed by atoms with E-state index in [1.54, 1.807) is 23.5 Å². The molecule has 0 saturated heterocycles. The first kappa shape index (κ1) is 44.2. The van der Waals surface area contributed by atoms with Crippen molar-refractivity contribution in [2.45, 2.75) is 152 Å². The van der Waals surface area contributed by atoms with E-state index >= 15 is 0 Å². The number of carbonyl (C=O) groups is 2. The average molecular weight is 777 g/mol. The summed E-state index contributed by atoms with van der Waals surface area (Å²) in [6.45, 7) is 5.93. The summed E-state index contributed by atoms with van der Waals surface area (Å²) in [5, 5.41) is 18.7. The highest BCUT2D eigenvalue weighted by Gasteiger charge is 2.48. The number of unbranched alkanes of at least 4 members (excludes halogenated alkanes) is 18. The predicted octanol–water partition coefficient (Wildman–Crippen LogP) is 11.5. The normalized spacial score (nSPS) is 14.4. The molecule has 2 amide bonds. The molecule has 2 aromatic carbocycles. The van der Waals surface area contributed by atoms with Crippen LogP contribution in [0.3, 0.4) is 0 Å². The van der Waals surface area contributed by atoms with E-state index in [0.29, 0.717) is 35.7 Å². The number of rotatable bonds is 30. The van der Waals surface area contributed by atoms with Crippen LogP contribution in [0.2, 0.25) is 0 Å². The van der Waals surface area contributed by atoms with Crippen LogP contribution < -0.4 is 0 Å². The fraction of sp³-hybridized carbons (Fsp3) is 0.609. The molecule has 0 spiro atoms. The quantitative estimate of drug-likeness (QED) is 0.0607. The van der Waals surface area contributed by atoms with Gasteiger partial charge >= 0.3 is 0 Å². The predicted molar refractivity (Wildman–Crippen MR) is 229 cm³/mol. The number of amides is 2. The molecular weight excluding hydrogens is 709 g/mol. The van der Waals surface area contributed by atoms with Crippen molar-refractivity contribution >= 4 is 46.7 Å². The average Bonchev–Trinajstić information content (AvgIpc) is 3.64. The second kappa shape index (κ2) is 25.6. The lowest BCUT2D eigenvalue weighted by molar-refractivity contribution is -0.124. The molecule has 2 N–H and O–H groups in total. The Morgan fingerprint density at radius 3 is 1.04 bits per heavy atom. The number of benzene rings is 2. The molecule has 2 aliphatic rings. The highest BCUT2D eigenvalue weighted by atomic mass is 32.2. The van der Waals surface area contributed by atoms with Gasteiger partial charge in [-0.2, -0.15) is 0 Å². The third-order valence-electron chi connectivity index (χ3n) is 10.6. The first-order valence-electron chi connectivity index (χ1n) is 21.4. The highest BCUT2D eigenvalue weighted by molar-refractivity contribution is 7.99. The third kappa shape index (κ3) is 13.3. The molecule has 0 saturated carbocycles. The van der Waals surface area contributed by atoms with Gasteiger partial charge in [-0.3, -0.25) is 9.59 Å². The molecule has 2 aliphatic heterocycles. The SMILES string of the molecule is CCCCCCCCCCCCN1C(=O)C2=C(c3ccc(SCCO)cc3)N(CCCCCCCCCCCC)C(=O)C2=C1c1ccc(SCCO)cc1. The fourth-order valence-electron chi connectivity index (χ4n) is 7.68. The number of nitrogens with zero attached hydrogens (tertiary/aromatic N) is 2. The minimum absolute atomic E-state index is 0.0673. The second-order valence-electron chi connectivity index (χ2n) is 14.9. The van der Waals surface area contributed by atoms with Crippen molar-refractivity contribution in [1.82, 2.24) is 9.80 Å². The maximum Gasteiger partial charge on any atom is 0.261 e. The summed E-state index contributed by atoms with van der Waals surface area (Å²) in [5.41, 5.74) is 4.35. The lowest BCUT2D eigenvalue weighted by Gasteiger charge is -2.25. The largest absolute Gasteiger partial charge is 0.396 e. The van der Waals surface area contributed by atoms with Crippen LogP contribution in [0, 0.1) is 0 Å². The number of carbonyl (C=O) groups excluding carboxylic acids is 2. The van der Waals surface area contributed by atoms with Gasteiger partial charge < -0.3 is 20.0 Å². The minimum atomic E-state index is -0.0673. The Morgan fingerprint density at radius 2 is 0.741 bits per heavy atom. The first-order chi connectivity index (χ1) is 26.5. The summed E-state index contributed by atoms with van der Waals surface area (Å²) in [6.07, 6.45) is 24.5. The van der Waals surface area contributed by atoms with Gasteiger partial charge in [-0.1, -0.05) is 154 Å². The molecule has 6 nitrogen and oxygen atoms in total. The molecule has 2 heterocycles. The van der Waals surface area contributed by atoms with E-state index in [0.717, 1.165) is 58.0 Å². The highest BCUT2D eigenvalue weighted by Crippen LogP contribution is 2.47. The number of thioether (sulfide) groups is 2. The Morgan fingerprint density at radius 1 is 0.444 bits per heavy atom. The van der Waals surface area contributed by atoms with Crippen LogP contribution in [0.25, 0.3) is 11.4 Å². The van der Waals surface area contributed by atoms with Crippen LogP contribution in [-0.2, 0) is 9.59 Å². The Balaban J connectivity index is 1.56. The number of aliphatic hydroxyl groups is 2. The van der Waals surface area contributed by atoms with Crippen LogP contribution in [0.15, 0.2) is 69.5 Å². The minimum Gasteiger partial charge on any atom is -0.396 e. The first-order valence-corrected chi connectivity index (χ1v) is 23.3. The fourth-order valence-corrected chi connectivity index (χ4v) is 8.99. The maximum absolute atomic E-state index is 14.7. The molecule has 0 aromatic heterocycles. The van der Waals surface area contributed by atoms with Crippen LogP contribution in [-0.4, -0.2) is 69.6 Å². The lowest BCUT2D eigenvalue weighted by Crippen LogP contribution is -2.31.